The van der Waals surface area contributed by atoms with Gasteiger partial charge in [-0.05, 0) is 49.1 Å². The molecule has 1 saturated heterocycles. The zero-order valence-corrected chi connectivity index (χ0v) is 19.2. The maximum atomic E-state index is 12.9. The number of carbonyl (C=O) groups excluding carboxylic acids is 2. The molecule has 1 fully saturated rings. The number of ether oxygens (including phenoxy) is 1. The van der Waals surface area contributed by atoms with Crippen LogP contribution < -0.4 is 14.8 Å². The molecule has 0 unspecified atom stereocenters. The van der Waals surface area contributed by atoms with Gasteiger partial charge in [0.15, 0.2) is 0 Å². The Labute approximate surface area is 188 Å². The number of benzene rings is 1. The van der Waals surface area contributed by atoms with Crippen LogP contribution in [0.3, 0.4) is 0 Å². The van der Waals surface area contributed by atoms with Crippen LogP contribution in [0.4, 0.5) is 0 Å². The van der Waals surface area contributed by atoms with Crippen LogP contribution in [-0.4, -0.2) is 57.4 Å². The van der Waals surface area contributed by atoms with Crippen molar-refractivity contribution in [3.8, 4) is 5.75 Å². The van der Waals surface area contributed by atoms with Crippen LogP contribution >= 0.6 is 0 Å². The molecule has 2 aromatic rings. The Morgan fingerprint density at radius 2 is 1.78 bits per heavy atom. The van der Waals surface area contributed by atoms with E-state index in [1.54, 1.807) is 36.9 Å². The van der Waals surface area contributed by atoms with Crippen molar-refractivity contribution in [2.75, 3.05) is 20.2 Å². The fourth-order valence-corrected chi connectivity index (χ4v) is 4.91. The molecule has 2 N–H and O–H groups in total. The predicted molar refractivity (Wildman–Crippen MR) is 118 cm³/mol. The summed E-state index contributed by atoms with van der Waals surface area (Å²) in [7, 11) is -2.39. The molecule has 32 heavy (non-hydrogen) atoms. The maximum Gasteiger partial charge on any atom is 0.257 e. The molecule has 1 aromatic heterocycles. The van der Waals surface area contributed by atoms with Crippen molar-refractivity contribution in [2.45, 2.75) is 43.7 Å². The van der Waals surface area contributed by atoms with Gasteiger partial charge in [-0.2, -0.15) is 4.72 Å². The third kappa shape index (κ3) is 5.68. The molecule has 3 rings (SSSR count). The number of hydrogen-bond acceptors (Lipinski definition) is 6. The first-order valence-electron chi connectivity index (χ1n) is 10.5. The van der Waals surface area contributed by atoms with Crippen molar-refractivity contribution < 1.29 is 27.2 Å². The molecule has 0 spiro atoms. The molecule has 1 aromatic carbocycles. The van der Waals surface area contributed by atoms with E-state index in [9.17, 15) is 18.0 Å². The number of amides is 2. The van der Waals surface area contributed by atoms with Crippen LogP contribution in [0.15, 0.2) is 52.2 Å². The molecule has 0 bridgehead atoms. The molecule has 174 valence electrons. The van der Waals surface area contributed by atoms with E-state index in [0.717, 1.165) is 0 Å². The quantitative estimate of drug-likeness (QED) is 0.618. The van der Waals surface area contributed by atoms with E-state index < -0.39 is 16.1 Å². The number of furan rings is 1. The number of carbonyl (C=O) groups is 2. The second-order valence-corrected chi connectivity index (χ2v) is 9.82. The lowest BCUT2D eigenvalue weighted by Crippen LogP contribution is -2.54. The number of piperidine rings is 1. The Bertz CT molecular complexity index is 1010. The minimum Gasteiger partial charge on any atom is -0.497 e. The highest BCUT2D eigenvalue weighted by molar-refractivity contribution is 7.89. The van der Waals surface area contributed by atoms with Crippen LogP contribution in [0.25, 0.3) is 0 Å². The third-order valence-electron chi connectivity index (χ3n) is 5.50. The molecule has 2 heterocycles. The molecule has 9 nitrogen and oxygen atoms in total. The highest BCUT2D eigenvalue weighted by Crippen LogP contribution is 2.18. The lowest BCUT2D eigenvalue weighted by molar-refractivity contribution is -0.124. The topological polar surface area (TPSA) is 118 Å². The van der Waals surface area contributed by atoms with Gasteiger partial charge in [0, 0.05) is 19.1 Å². The third-order valence-corrected chi connectivity index (χ3v) is 6.95. The zero-order chi connectivity index (χ0) is 23.3. The maximum absolute atomic E-state index is 12.9. The van der Waals surface area contributed by atoms with E-state index in [4.69, 9.17) is 9.15 Å². The largest absolute Gasteiger partial charge is 0.497 e. The van der Waals surface area contributed by atoms with Gasteiger partial charge in [0.2, 0.25) is 15.9 Å². The summed E-state index contributed by atoms with van der Waals surface area (Å²) in [6.07, 6.45) is 4.05. The molecule has 0 radical (unpaired) electrons. The monoisotopic (exact) mass is 463 g/mol. The van der Waals surface area contributed by atoms with Crippen molar-refractivity contribution in [3.05, 3.63) is 48.4 Å². The van der Waals surface area contributed by atoms with E-state index >= 15 is 0 Å². The summed E-state index contributed by atoms with van der Waals surface area (Å²) < 4.78 is 38.1. The summed E-state index contributed by atoms with van der Waals surface area (Å²) in [4.78, 5) is 27.1. The number of methoxy groups -OCH3 is 1. The first kappa shape index (κ1) is 23.8. The van der Waals surface area contributed by atoms with Crippen LogP contribution in [-0.2, 0) is 14.8 Å². The standard InChI is InChI=1S/C22H29N3O6S/c1-15(2)20(24-32(28,29)19-6-4-18(30-3)5-7-19)21(26)23-17-8-11-25(12-9-17)22(27)16-10-13-31-14-16/h4-7,10,13-15,17,20,24H,8-9,11-12H2,1-3H3,(H,23,26)/t20-/m0/s1. The highest BCUT2D eigenvalue weighted by atomic mass is 32.2. The lowest BCUT2D eigenvalue weighted by atomic mass is 10.0. The molecular weight excluding hydrogens is 434 g/mol. The molecule has 1 aliphatic rings. The smallest absolute Gasteiger partial charge is 0.257 e. The summed E-state index contributed by atoms with van der Waals surface area (Å²) in [5, 5.41) is 2.94. The van der Waals surface area contributed by atoms with E-state index in [-0.39, 0.29) is 28.7 Å². The van der Waals surface area contributed by atoms with Gasteiger partial charge in [-0.25, -0.2) is 8.42 Å². The van der Waals surface area contributed by atoms with E-state index in [2.05, 4.69) is 10.0 Å². The van der Waals surface area contributed by atoms with Gasteiger partial charge in [-0.1, -0.05) is 13.8 Å². The number of likely N-dealkylation sites (tertiary alicyclic amines) is 1. The molecule has 1 aliphatic heterocycles. The number of nitrogens with zero attached hydrogens (tertiary/aromatic N) is 1. The van der Waals surface area contributed by atoms with Gasteiger partial charge in [-0.15, -0.1) is 0 Å². The zero-order valence-electron chi connectivity index (χ0n) is 18.4. The van der Waals surface area contributed by atoms with Gasteiger partial charge in [-0.3, -0.25) is 9.59 Å². The van der Waals surface area contributed by atoms with E-state index in [1.807, 2.05) is 0 Å². The van der Waals surface area contributed by atoms with Gasteiger partial charge < -0.3 is 19.4 Å². The van der Waals surface area contributed by atoms with Crippen LogP contribution in [0.5, 0.6) is 5.75 Å². The summed E-state index contributed by atoms with van der Waals surface area (Å²) >= 11 is 0. The second kappa shape index (κ2) is 10.2. The average molecular weight is 464 g/mol. The van der Waals surface area contributed by atoms with Gasteiger partial charge >= 0.3 is 0 Å². The Hall–Kier alpha value is -2.85. The number of rotatable bonds is 8. The van der Waals surface area contributed by atoms with Crippen molar-refractivity contribution in [1.82, 2.24) is 14.9 Å². The molecule has 2 amide bonds. The normalized spacial score (nSPS) is 16.1. The first-order valence-corrected chi connectivity index (χ1v) is 12.0. The predicted octanol–water partition coefficient (Wildman–Crippen LogP) is 2.01. The van der Waals surface area contributed by atoms with Crippen LogP contribution in [0.1, 0.15) is 37.0 Å². The van der Waals surface area contributed by atoms with Crippen molar-refractivity contribution >= 4 is 21.8 Å². The Morgan fingerprint density at radius 3 is 2.31 bits per heavy atom. The van der Waals surface area contributed by atoms with E-state index in [1.165, 1.54) is 31.8 Å². The average Bonchev–Trinajstić information content (AvgIpc) is 3.32. The van der Waals surface area contributed by atoms with Crippen molar-refractivity contribution in [2.24, 2.45) is 5.92 Å². The molecular formula is C22H29N3O6S. The summed E-state index contributed by atoms with van der Waals surface area (Å²) in [5.74, 6) is -0.196. The minimum absolute atomic E-state index is 0.0582. The molecule has 10 heteroatoms. The number of nitrogens with one attached hydrogen (secondary N) is 2. The SMILES string of the molecule is COc1ccc(S(=O)(=O)N[C@H](C(=O)NC2CCN(C(=O)c3ccoc3)CC2)C(C)C)cc1. The fourth-order valence-electron chi connectivity index (χ4n) is 3.57. The Kier molecular flexibility index (Phi) is 7.57. The molecule has 0 aliphatic carbocycles. The van der Waals surface area contributed by atoms with Gasteiger partial charge in [0.1, 0.15) is 18.1 Å². The summed E-state index contributed by atoms with van der Waals surface area (Å²) in [6.45, 7) is 4.57. The van der Waals surface area contributed by atoms with E-state index in [0.29, 0.717) is 37.2 Å². The van der Waals surface area contributed by atoms with Crippen molar-refractivity contribution in [1.29, 1.82) is 0 Å². The first-order chi connectivity index (χ1) is 15.2. The summed E-state index contributed by atoms with van der Waals surface area (Å²) in [6, 6.07) is 6.54. The second-order valence-electron chi connectivity index (χ2n) is 8.11. The molecule has 1 atom stereocenters. The van der Waals surface area contributed by atoms with Gasteiger partial charge in [0.25, 0.3) is 5.91 Å². The number of sulfonamides is 1. The Morgan fingerprint density at radius 1 is 1.12 bits per heavy atom. The Balaban J connectivity index is 1.59. The van der Waals surface area contributed by atoms with Crippen LogP contribution in [0.2, 0.25) is 0 Å². The fraction of sp³-hybridized carbons (Fsp3) is 0.455. The molecule has 0 saturated carbocycles. The summed E-state index contributed by atoms with van der Waals surface area (Å²) in [5.41, 5.74) is 0.500. The van der Waals surface area contributed by atoms with Crippen LogP contribution in [0, 0.1) is 5.92 Å². The lowest BCUT2D eigenvalue weighted by Gasteiger charge is -2.33. The van der Waals surface area contributed by atoms with Gasteiger partial charge in [0.05, 0.1) is 23.8 Å². The minimum atomic E-state index is -3.89. The number of hydrogen-bond donors (Lipinski definition) is 2. The van der Waals surface area contributed by atoms with Crippen molar-refractivity contribution in [3.63, 3.8) is 0 Å². The highest BCUT2D eigenvalue weighted by Gasteiger charge is 2.31.